The summed E-state index contributed by atoms with van der Waals surface area (Å²) in [5.41, 5.74) is 2.96. The number of carboxylic acid groups (broad SMARTS) is 1. The third-order valence-corrected chi connectivity index (χ3v) is 3.19. The van der Waals surface area contributed by atoms with Crippen LogP contribution in [0.1, 0.15) is 10.4 Å². The van der Waals surface area contributed by atoms with Crippen LogP contribution in [0.5, 0.6) is 5.75 Å². The minimum Gasteiger partial charge on any atom is -0.508 e. The maximum absolute atomic E-state index is 11.2. The van der Waals surface area contributed by atoms with Crippen LogP contribution in [-0.2, 0) is 0 Å². The Morgan fingerprint density at radius 2 is 1.76 bits per heavy atom. The smallest absolute Gasteiger partial charge is 0.336 e. The summed E-state index contributed by atoms with van der Waals surface area (Å²) in [5.74, 6) is -0.794. The Morgan fingerprint density at radius 3 is 2.48 bits per heavy atom. The Balaban J connectivity index is 2.03. The third kappa shape index (κ3) is 2.49. The average molecular weight is 280 g/mol. The third-order valence-electron chi connectivity index (χ3n) is 3.19. The van der Waals surface area contributed by atoms with Crippen LogP contribution < -0.4 is 0 Å². The number of nitrogens with one attached hydrogen (secondary N) is 1. The second-order valence-corrected chi connectivity index (χ2v) is 4.56. The van der Waals surface area contributed by atoms with Crippen LogP contribution in [0.3, 0.4) is 0 Å². The Labute approximate surface area is 120 Å². The fraction of sp³-hybridized carbons (Fsp3) is 0. The largest absolute Gasteiger partial charge is 0.508 e. The van der Waals surface area contributed by atoms with Gasteiger partial charge in [0.2, 0.25) is 0 Å². The van der Waals surface area contributed by atoms with E-state index in [0.29, 0.717) is 17.0 Å². The lowest BCUT2D eigenvalue weighted by molar-refractivity contribution is 0.0697. The van der Waals surface area contributed by atoms with E-state index in [1.165, 1.54) is 0 Å². The van der Waals surface area contributed by atoms with Crippen molar-refractivity contribution in [3.63, 3.8) is 0 Å². The average Bonchev–Trinajstić information content (AvgIpc) is 2.97. The molecule has 0 saturated carbocycles. The van der Waals surface area contributed by atoms with Gasteiger partial charge in [0.05, 0.1) is 17.0 Å². The molecule has 2 aromatic carbocycles. The van der Waals surface area contributed by atoms with Crippen molar-refractivity contribution in [2.24, 2.45) is 0 Å². The van der Waals surface area contributed by atoms with E-state index in [1.54, 1.807) is 54.6 Å². The highest BCUT2D eigenvalue weighted by Gasteiger charge is 2.13. The van der Waals surface area contributed by atoms with E-state index in [1.807, 2.05) is 0 Å². The first-order valence-corrected chi connectivity index (χ1v) is 6.32. The van der Waals surface area contributed by atoms with Crippen molar-refractivity contribution in [2.75, 3.05) is 0 Å². The number of carbonyl (C=O) groups is 1. The number of benzene rings is 2. The Bertz CT molecular complexity index is 791. The molecule has 5 nitrogen and oxygen atoms in total. The van der Waals surface area contributed by atoms with Crippen LogP contribution in [-0.4, -0.2) is 26.4 Å². The normalized spacial score (nSPS) is 10.5. The van der Waals surface area contributed by atoms with Gasteiger partial charge in [0.25, 0.3) is 0 Å². The number of aromatic carboxylic acids is 1. The SMILES string of the molecule is O=C(O)c1ccccc1-c1cc(-c2ccc(O)cc2)n[nH]1. The number of H-pyrrole nitrogens is 1. The van der Waals surface area contributed by atoms with Gasteiger partial charge in [-0.25, -0.2) is 4.79 Å². The van der Waals surface area contributed by atoms with E-state index in [2.05, 4.69) is 10.2 Å². The number of hydrogen-bond donors (Lipinski definition) is 3. The topological polar surface area (TPSA) is 86.2 Å². The Kier molecular flexibility index (Phi) is 3.16. The highest BCUT2D eigenvalue weighted by molar-refractivity contribution is 5.95. The van der Waals surface area contributed by atoms with Crippen molar-refractivity contribution < 1.29 is 15.0 Å². The zero-order valence-corrected chi connectivity index (χ0v) is 10.9. The minimum absolute atomic E-state index is 0.186. The van der Waals surface area contributed by atoms with Gasteiger partial charge in [-0.2, -0.15) is 5.10 Å². The molecule has 0 aliphatic rings. The fourth-order valence-electron chi connectivity index (χ4n) is 2.14. The van der Waals surface area contributed by atoms with E-state index in [0.717, 1.165) is 5.56 Å². The summed E-state index contributed by atoms with van der Waals surface area (Å²) in [7, 11) is 0. The highest BCUT2D eigenvalue weighted by Crippen LogP contribution is 2.27. The number of aromatic amines is 1. The van der Waals surface area contributed by atoms with Gasteiger partial charge in [0.15, 0.2) is 0 Å². The molecule has 0 aliphatic heterocycles. The van der Waals surface area contributed by atoms with Crippen molar-refractivity contribution in [1.82, 2.24) is 10.2 Å². The molecule has 0 bridgehead atoms. The first-order valence-electron chi connectivity index (χ1n) is 6.32. The van der Waals surface area contributed by atoms with Crippen LogP contribution in [0.25, 0.3) is 22.5 Å². The van der Waals surface area contributed by atoms with Crippen LogP contribution in [0.15, 0.2) is 54.6 Å². The molecule has 21 heavy (non-hydrogen) atoms. The maximum Gasteiger partial charge on any atom is 0.336 e. The van der Waals surface area contributed by atoms with Gasteiger partial charge < -0.3 is 10.2 Å². The predicted molar refractivity (Wildman–Crippen MR) is 78.1 cm³/mol. The molecule has 3 aromatic rings. The second kappa shape index (κ2) is 5.13. The van der Waals surface area contributed by atoms with E-state index >= 15 is 0 Å². The highest BCUT2D eigenvalue weighted by atomic mass is 16.4. The summed E-state index contributed by atoms with van der Waals surface area (Å²) in [5, 5.41) is 25.6. The van der Waals surface area contributed by atoms with Crippen LogP contribution >= 0.6 is 0 Å². The molecule has 0 radical (unpaired) electrons. The Morgan fingerprint density at radius 1 is 1.05 bits per heavy atom. The van der Waals surface area contributed by atoms with E-state index in [9.17, 15) is 15.0 Å². The van der Waals surface area contributed by atoms with Gasteiger partial charge in [-0.05, 0) is 36.4 Å². The standard InChI is InChI=1S/C16H12N2O3/c19-11-7-5-10(6-8-11)14-9-15(18-17-14)12-3-1-2-4-13(12)16(20)21/h1-9,19H,(H,17,18)(H,20,21). The lowest BCUT2D eigenvalue weighted by Gasteiger charge is -2.02. The van der Waals surface area contributed by atoms with Gasteiger partial charge in [0, 0.05) is 11.1 Å². The monoisotopic (exact) mass is 280 g/mol. The molecular weight excluding hydrogens is 268 g/mol. The molecule has 3 rings (SSSR count). The number of rotatable bonds is 3. The molecule has 0 unspecified atom stereocenters. The van der Waals surface area contributed by atoms with E-state index in [4.69, 9.17) is 0 Å². The zero-order valence-electron chi connectivity index (χ0n) is 10.9. The number of carboxylic acids is 1. The number of phenolic OH excluding ortho intramolecular Hbond substituents is 1. The lowest BCUT2D eigenvalue weighted by atomic mass is 10.0. The van der Waals surface area contributed by atoms with Gasteiger partial charge >= 0.3 is 5.97 Å². The van der Waals surface area contributed by atoms with Crippen LogP contribution in [0.2, 0.25) is 0 Å². The number of hydrogen-bond acceptors (Lipinski definition) is 3. The summed E-state index contributed by atoms with van der Waals surface area (Å²) < 4.78 is 0. The lowest BCUT2D eigenvalue weighted by Crippen LogP contribution is -1.98. The quantitative estimate of drug-likeness (QED) is 0.688. The minimum atomic E-state index is -0.980. The van der Waals surface area contributed by atoms with Gasteiger partial charge in [-0.15, -0.1) is 0 Å². The van der Waals surface area contributed by atoms with E-state index in [-0.39, 0.29) is 11.3 Å². The van der Waals surface area contributed by atoms with Crippen LogP contribution in [0, 0.1) is 0 Å². The number of aromatic nitrogens is 2. The molecule has 0 atom stereocenters. The molecule has 0 spiro atoms. The molecule has 104 valence electrons. The van der Waals surface area contributed by atoms with Crippen molar-refractivity contribution in [2.45, 2.75) is 0 Å². The number of nitrogens with zero attached hydrogens (tertiary/aromatic N) is 1. The van der Waals surface area contributed by atoms with E-state index < -0.39 is 5.97 Å². The van der Waals surface area contributed by atoms with Crippen molar-refractivity contribution in [1.29, 1.82) is 0 Å². The molecule has 0 aliphatic carbocycles. The molecule has 0 saturated heterocycles. The summed E-state index contributed by atoms with van der Waals surface area (Å²) in [6.07, 6.45) is 0. The van der Waals surface area contributed by atoms with Gasteiger partial charge in [-0.3, -0.25) is 5.10 Å². The molecule has 5 heteroatoms. The predicted octanol–water partition coefficient (Wildman–Crippen LogP) is 3.15. The summed E-state index contributed by atoms with van der Waals surface area (Å²) in [4.78, 5) is 11.2. The zero-order chi connectivity index (χ0) is 14.8. The second-order valence-electron chi connectivity index (χ2n) is 4.56. The first-order chi connectivity index (χ1) is 10.1. The van der Waals surface area contributed by atoms with Crippen molar-refractivity contribution in [3.8, 4) is 28.3 Å². The summed E-state index contributed by atoms with van der Waals surface area (Å²) in [6.45, 7) is 0. The fourth-order valence-corrected chi connectivity index (χ4v) is 2.14. The summed E-state index contributed by atoms with van der Waals surface area (Å²) >= 11 is 0. The first kappa shape index (κ1) is 12.9. The van der Waals surface area contributed by atoms with Gasteiger partial charge in [0.1, 0.15) is 5.75 Å². The molecule has 0 amide bonds. The number of phenols is 1. The molecule has 3 N–H and O–H groups in total. The maximum atomic E-state index is 11.2. The van der Waals surface area contributed by atoms with Crippen LogP contribution in [0.4, 0.5) is 0 Å². The molecule has 1 aromatic heterocycles. The molecule has 1 heterocycles. The van der Waals surface area contributed by atoms with Crippen molar-refractivity contribution in [3.05, 3.63) is 60.2 Å². The summed E-state index contributed by atoms with van der Waals surface area (Å²) in [6, 6.07) is 15.2. The number of aromatic hydroxyl groups is 1. The molecule has 0 fully saturated rings. The van der Waals surface area contributed by atoms with Gasteiger partial charge in [-0.1, -0.05) is 18.2 Å². The Hall–Kier alpha value is -3.08. The molecular formula is C16H12N2O3. The van der Waals surface area contributed by atoms with Crippen molar-refractivity contribution >= 4 is 5.97 Å².